The maximum atomic E-state index is 9.55. The molecule has 1 aromatic heterocycles. The van der Waals surface area contributed by atoms with Crippen molar-refractivity contribution in [2.75, 3.05) is 0 Å². The van der Waals surface area contributed by atoms with Gasteiger partial charge in [-0.25, -0.2) is 9.59 Å². The molecule has 0 saturated heterocycles. The SMILES string of the molecule is CC(N)Cc1ccc2cc[nH]c2c1.O=C(O)/C=C\C(=O)O. The lowest BCUT2D eigenvalue weighted by Gasteiger charge is -2.04. The number of aromatic amines is 1. The van der Waals surface area contributed by atoms with Crippen molar-refractivity contribution in [3.63, 3.8) is 0 Å². The van der Waals surface area contributed by atoms with Gasteiger partial charge in [0.15, 0.2) is 0 Å². The summed E-state index contributed by atoms with van der Waals surface area (Å²) >= 11 is 0. The van der Waals surface area contributed by atoms with Gasteiger partial charge in [-0.1, -0.05) is 12.1 Å². The smallest absolute Gasteiger partial charge is 0.328 e. The molecule has 0 saturated carbocycles. The average Bonchev–Trinajstić information content (AvgIpc) is 2.83. The van der Waals surface area contributed by atoms with Gasteiger partial charge in [0, 0.05) is 29.9 Å². The fourth-order valence-electron chi connectivity index (χ4n) is 1.74. The highest BCUT2D eigenvalue weighted by molar-refractivity contribution is 5.89. The van der Waals surface area contributed by atoms with Crippen LogP contribution in [0.4, 0.5) is 0 Å². The topological polar surface area (TPSA) is 116 Å². The molecule has 21 heavy (non-hydrogen) atoms. The monoisotopic (exact) mass is 290 g/mol. The summed E-state index contributed by atoms with van der Waals surface area (Å²) < 4.78 is 0. The van der Waals surface area contributed by atoms with Gasteiger partial charge in [-0.15, -0.1) is 0 Å². The van der Waals surface area contributed by atoms with Gasteiger partial charge in [0.2, 0.25) is 0 Å². The third kappa shape index (κ3) is 6.40. The Bertz CT molecular complexity index is 628. The summed E-state index contributed by atoms with van der Waals surface area (Å²) in [6.07, 6.45) is 4.01. The molecule has 112 valence electrons. The van der Waals surface area contributed by atoms with Crippen molar-refractivity contribution in [1.29, 1.82) is 0 Å². The van der Waals surface area contributed by atoms with Crippen LogP contribution >= 0.6 is 0 Å². The van der Waals surface area contributed by atoms with Gasteiger partial charge < -0.3 is 20.9 Å². The second-order valence-corrected chi connectivity index (χ2v) is 4.59. The Kier molecular flexibility index (Phi) is 6.16. The molecule has 0 aliphatic heterocycles. The summed E-state index contributed by atoms with van der Waals surface area (Å²) in [5, 5.41) is 16.9. The van der Waals surface area contributed by atoms with E-state index >= 15 is 0 Å². The van der Waals surface area contributed by atoms with Gasteiger partial charge in [-0.2, -0.15) is 0 Å². The lowest BCUT2D eigenvalue weighted by atomic mass is 10.1. The molecule has 1 unspecified atom stereocenters. The van der Waals surface area contributed by atoms with E-state index in [2.05, 4.69) is 29.2 Å². The number of carboxylic acid groups (broad SMARTS) is 2. The van der Waals surface area contributed by atoms with E-state index in [0.717, 1.165) is 6.42 Å². The summed E-state index contributed by atoms with van der Waals surface area (Å²) in [4.78, 5) is 22.3. The molecule has 1 atom stereocenters. The number of hydrogen-bond donors (Lipinski definition) is 4. The van der Waals surface area contributed by atoms with Gasteiger partial charge in [0.25, 0.3) is 0 Å². The summed E-state index contributed by atoms with van der Waals surface area (Å²) in [7, 11) is 0. The normalized spacial score (nSPS) is 11.9. The maximum Gasteiger partial charge on any atom is 0.328 e. The molecule has 2 rings (SSSR count). The number of H-pyrrole nitrogens is 1. The van der Waals surface area contributed by atoms with Crippen molar-refractivity contribution in [2.24, 2.45) is 5.73 Å². The molecule has 2 aromatic rings. The quantitative estimate of drug-likeness (QED) is 0.640. The molecule has 0 fully saturated rings. The zero-order valence-corrected chi connectivity index (χ0v) is 11.6. The van der Waals surface area contributed by atoms with Crippen LogP contribution in [0.25, 0.3) is 10.9 Å². The summed E-state index contributed by atoms with van der Waals surface area (Å²) in [5.41, 5.74) is 8.22. The molecule has 6 heteroatoms. The summed E-state index contributed by atoms with van der Waals surface area (Å²) in [6.45, 7) is 2.03. The Labute approximate surface area is 121 Å². The fraction of sp³-hybridized carbons (Fsp3) is 0.200. The summed E-state index contributed by atoms with van der Waals surface area (Å²) in [6, 6.07) is 8.74. The van der Waals surface area contributed by atoms with Crippen molar-refractivity contribution in [2.45, 2.75) is 19.4 Å². The van der Waals surface area contributed by atoms with Crippen LogP contribution in [0, 0.1) is 0 Å². The Hall–Kier alpha value is -2.60. The summed E-state index contributed by atoms with van der Waals surface area (Å²) in [5.74, 6) is -2.51. The van der Waals surface area contributed by atoms with Crippen LogP contribution < -0.4 is 5.73 Å². The Balaban J connectivity index is 0.000000240. The Morgan fingerprint density at radius 2 is 1.86 bits per heavy atom. The fourth-order valence-corrected chi connectivity index (χ4v) is 1.74. The largest absolute Gasteiger partial charge is 0.478 e. The first-order valence-electron chi connectivity index (χ1n) is 6.34. The lowest BCUT2D eigenvalue weighted by molar-refractivity contribution is -0.134. The van der Waals surface area contributed by atoms with Crippen LogP contribution in [-0.4, -0.2) is 33.2 Å². The number of carboxylic acids is 2. The minimum atomic E-state index is -1.26. The zero-order valence-electron chi connectivity index (χ0n) is 11.6. The van der Waals surface area contributed by atoms with Crippen LogP contribution in [0.3, 0.4) is 0 Å². The van der Waals surface area contributed by atoms with Gasteiger partial charge in [0.05, 0.1) is 0 Å². The first-order valence-corrected chi connectivity index (χ1v) is 6.34. The number of rotatable bonds is 4. The van der Waals surface area contributed by atoms with Crippen molar-refractivity contribution in [3.8, 4) is 0 Å². The second-order valence-electron chi connectivity index (χ2n) is 4.59. The lowest BCUT2D eigenvalue weighted by Crippen LogP contribution is -2.17. The predicted molar refractivity (Wildman–Crippen MR) is 80.1 cm³/mol. The van der Waals surface area contributed by atoms with E-state index in [1.165, 1.54) is 16.5 Å². The molecule has 0 aliphatic rings. The number of benzene rings is 1. The van der Waals surface area contributed by atoms with Crippen LogP contribution in [0.2, 0.25) is 0 Å². The van der Waals surface area contributed by atoms with Crippen molar-refractivity contribution in [3.05, 3.63) is 48.2 Å². The minimum absolute atomic E-state index is 0.229. The Morgan fingerprint density at radius 3 is 2.38 bits per heavy atom. The molecular weight excluding hydrogens is 272 g/mol. The van der Waals surface area contributed by atoms with E-state index in [-0.39, 0.29) is 6.04 Å². The van der Waals surface area contributed by atoms with Gasteiger partial charge in [-0.3, -0.25) is 0 Å². The predicted octanol–water partition coefficient (Wildman–Crippen LogP) is 1.77. The van der Waals surface area contributed by atoms with Crippen LogP contribution in [0.1, 0.15) is 12.5 Å². The van der Waals surface area contributed by atoms with E-state index in [0.29, 0.717) is 12.2 Å². The minimum Gasteiger partial charge on any atom is -0.478 e. The number of nitrogens with one attached hydrogen (secondary N) is 1. The number of hydrogen-bond acceptors (Lipinski definition) is 3. The molecule has 0 amide bonds. The number of aliphatic carboxylic acids is 2. The standard InChI is InChI=1S/C11H14N2.C4H4O4/c1-8(12)6-9-2-3-10-4-5-13-11(10)7-9;5-3(6)1-2-4(7)8/h2-5,7-8,13H,6,12H2,1H3;1-2H,(H,5,6)(H,7,8)/b;2-1-. The highest BCUT2D eigenvalue weighted by Gasteiger charge is 1.99. The third-order valence-electron chi connectivity index (χ3n) is 2.55. The number of carbonyl (C=O) groups is 2. The van der Waals surface area contributed by atoms with E-state index in [9.17, 15) is 9.59 Å². The molecule has 5 N–H and O–H groups in total. The molecule has 1 heterocycles. The van der Waals surface area contributed by atoms with E-state index < -0.39 is 11.9 Å². The molecule has 0 spiro atoms. The van der Waals surface area contributed by atoms with E-state index in [1.54, 1.807) is 0 Å². The molecular formula is C15H18N2O4. The van der Waals surface area contributed by atoms with Gasteiger partial charge >= 0.3 is 11.9 Å². The zero-order chi connectivity index (χ0) is 15.8. The average molecular weight is 290 g/mol. The van der Waals surface area contributed by atoms with Gasteiger partial charge in [-0.05, 0) is 36.4 Å². The van der Waals surface area contributed by atoms with Gasteiger partial charge in [0.1, 0.15) is 0 Å². The molecule has 0 aliphatic carbocycles. The van der Waals surface area contributed by atoms with Crippen LogP contribution in [-0.2, 0) is 16.0 Å². The van der Waals surface area contributed by atoms with Crippen molar-refractivity contribution in [1.82, 2.24) is 4.98 Å². The van der Waals surface area contributed by atoms with E-state index in [1.807, 2.05) is 13.1 Å². The number of aromatic nitrogens is 1. The highest BCUT2D eigenvalue weighted by Crippen LogP contribution is 2.14. The number of fused-ring (bicyclic) bond motifs is 1. The third-order valence-corrected chi connectivity index (χ3v) is 2.55. The molecule has 0 bridgehead atoms. The second kappa shape index (κ2) is 7.86. The maximum absolute atomic E-state index is 9.55. The highest BCUT2D eigenvalue weighted by atomic mass is 16.4. The van der Waals surface area contributed by atoms with Crippen LogP contribution in [0.15, 0.2) is 42.6 Å². The number of nitrogens with two attached hydrogens (primary N) is 1. The van der Waals surface area contributed by atoms with Crippen molar-refractivity contribution < 1.29 is 19.8 Å². The first-order chi connectivity index (χ1) is 9.88. The van der Waals surface area contributed by atoms with E-state index in [4.69, 9.17) is 15.9 Å². The Morgan fingerprint density at radius 1 is 1.24 bits per heavy atom. The van der Waals surface area contributed by atoms with Crippen LogP contribution in [0.5, 0.6) is 0 Å². The molecule has 1 aromatic carbocycles. The van der Waals surface area contributed by atoms with Crippen molar-refractivity contribution >= 4 is 22.8 Å². The molecule has 6 nitrogen and oxygen atoms in total. The first kappa shape index (κ1) is 16.5. The molecule has 0 radical (unpaired) electrons.